The third-order valence-electron chi connectivity index (χ3n) is 2.51. The van der Waals surface area contributed by atoms with Crippen LogP contribution in [0.4, 0.5) is 0 Å². The molecule has 1 rings (SSSR count). The highest BCUT2D eigenvalue weighted by Gasteiger charge is 2.12. The normalized spacial score (nSPS) is 8.65. The summed E-state index contributed by atoms with van der Waals surface area (Å²) in [5.74, 6) is 0. The largest absolute Gasteiger partial charge is 0.498 e. The molecule has 17 heavy (non-hydrogen) atoms. The molecular formula is C13H15N2O2+. The molecule has 0 radical (unpaired) electrons. The minimum Gasteiger partial charge on any atom is -0.498 e. The van der Waals surface area contributed by atoms with Crippen LogP contribution in [0.5, 0.6) is 0 Å². The molecule has 1 aromatic carbocycles. The van der Waals surface area contributed by atoms with E-state index in [2.05, 4.69) is 33.9 Å². The van der Waals surface area contributed by atoms with Crippen LogP contribution in [-0.2, 0) is 17.7 Å². The molecule has 0 atom stereocenters. The van der Waals surface area contributed by atoms with Crippen molar-refractivity contribution >= 4 is 0 Å². The first-order chi connectivity index (χ1) is 8.26. The van der Waals surface area contributed by atoms with Gasteiger partial charge in [-0.3, -0.25) is 0 Å². The highest BCUT2D eigenvalue weighted by molar-refractivity contribution is 5.51. The van der Waals surface area contributed by atoms with Crippen LogP contribution in [-0.4, -0.2) is 7.11 Å². The van der Waals surface area contributed by atoms with Crippen LogP contribution in [0.1, 0.15) is 36.1 Å². The molecular weight excluding hydrogens is 216 g/mol. The summed E-state index contributed by atoms with van der Waals surface area (Å²) in [6.45, 7) is 4.08. The van der Waals surface area contributed by atoms with Crippen molar-refractivity contribution in [3.05, 3.63) is 49.6 Å². The van der Waals surface area contributed by atoms with Gasteiger partial charge in [0.2, 0.25) is 5.01 Å². The molecule has 0 bridgehead atoms. The van der Waals surface area contributed by atoms with E-state index < -0.39 is 0 Å². The molecule has 0 aliphatic rings. The molecule has 0 amide bonds. The van der Waals surface area contributed by atoms with Gasteiger partial charge in [-0.05, 0) is 30.0 Å². The van der Waals surface area contributed by atoms with Crippen molar-refractivity contribution in [2.24, 2.45) is 0 Å². The zero-order valence-electron chi connectivity index (χ0n) is 10.3. The van der Waals surface area contributed by atoms with Gasteiger partial charge in [0.25, 0.3) is 0 Å². The maximum Gasteiger partial charge on any atom is 0.388 e. The molecule has 0 unspecified atom stereocenters. The van der Waals surface area contributed by atoms with Crippen LogP contribution in [0.15, 0.2) is 12.1 Å². The van der Waals surface area contributed by atoms with E-state index in [1.165, 1.54) is 7.11 Å². The van der Waals surface area contributed by atoms with Gasteiger partial charge in [0.05, 0.1) is 0 Å². The molecule has 0 aliphatic heterocycles. The number of benzene rings is 1. The molecule has 0 spiro atoms. The van der Waals surface area contributed by atoms with Gasteiger partial charge >= 0.3 is 12.1 Å². The van der Waals surface area contributed by atoms with Gasteiger partial charge in [-0.1, -0.05) is 19.9 Å². The fourth-order valence-electron chi connectivity index (χ4n) is 1.63. The molecule has 4 heteroatoms. The van der Waals surface area contributed by atoms with Crippen molar-refractivity contribution in [3.63, 3.8) is 0 Å². The predicted molar refractivity (Wildman–Crippen MR) is 68.3 cm³/mol. The van der Waals surface area contributed by atoms with E-state index in [4.69, 9.17) is 0 Å². The van der Waals surface area contributed by atoms with Crippen molar-refractivity contribution in [2.75, 3.05) is 7.11 Å². The summed E-state index contributed by atoms with van der Waals surface area (Å²) in [5.41, 5.74) is 3.65. The van der Waals surface area contributed by atoms with Crippen molar-refractivity contribution in [1.29, 1.82) is 0 Å². The lowest BCUT2D eigenvalue weighted by molar-refractivity contribution is 0.331. The Balaban J connectivity index is 3.36. The summed E-state index contributed by atoms with van der Waals surface area (Å²) in [4.78, 5) is 4.61. The Labute approximate surface area is 101 Å². The topological polar surface area (TPSA) is 41.0 Å². The summed E-state index contributed by atoms with van der Waals surface area (Å²) in [7, 11) is 1.46. The summed E-state index contributed by atoms with van der Waals surface area (Å²) in [6.07, 6.45) is 1.69. The van der Waals surface area contributed by atoms with Gasteiger partial charge in [-0.15, -0.1) is 0 Å². The number of nitrogens with zero attached hydrogens (tertiary/aromatic N) is 2. The molecule has 1 aromatic rings. The first-order valence-electron chi connectivity index (χ1n) is 5.50. The Morgan fingerprint density at radius 1 is 1.12 bits per heavy atom. The molecule has 0 aliphatic carbocycles. The van der Waals surface area contributed by atoms with Crippen molar-refractivity contribution in [3.8, 4) is 12.1 Å². The van der Waals surface area contributed by atoms with Crippen LogP contribution in [0, 0.1) is 17.3 Å². The van der Waals surface area contributed by atoms with E-state index in [-0.39, 0.29) is 0 Å². The zero-order valence-corrected chi connectivity index (χ0v) is 10.3. The summed E-state index contributed by atoms with van der Waals surface area (Å²) in [6, 6.07) is 9.06. The van der Waals surface area contributed by atoms with Gasteiger partial charge in [0, 0.05) is 5.01 Å². The Morgan fingerprint density at radius 3 is 2.18 bits per heavy atom. The molecule has 0 aromatic heterocycles. The van der Waals surface area contributed by atoms with Gasteiger partial charge in [0.1, 0.15) is 11.1 Å². The highest BCUT2D eigenvalue weighted by Crippen LogP contribution is 2.18. The molecule has 0 saturated heterocycles. The average molecular weight is 231 g/mol. The Hall–Kier alpha value is -2.20. The first kappa shape index (κ1) is 12.9. The maximum atomic E-state index is 10.3. The van der Waals surface area contributed by atoms with Gasteiger partial charge in [0.15, 0.2) is 7.11 Å². The third-order valence-corrected chi connectivity index (χ3v) is 2.51. The van der Waals surface area contributed by atoms with E-state index in [0.717, 1.165) is 29.5 Å². The fraction of sp³-hybridized carbons (Fsp3) is 0.385. The van der Waals surface area contributed by atoms with E-state index in [1.54, 1.807) is 0 Å². The molecule has 88 valence electrons. The SMILES string of the molecule is CCc1cc(CC)c(C#[N+]OC)cc1C#[N+][O-]. The second-order valence-corrected chi connectivity index (χ2v) is 3.46. The Morgan fingerprint density at radius 2 is 1.71 bits per heavy atom. The Bertz CT molecular complexity index is 516. The van der Waals surface area contributed by atoms with E-state index in [0.29, 0.717) is 5.56 Å². The summed E-state index contributed by atoms with van der Waals surface area (Å²) in [5, 5.41) is 16.6. The quantitative estimate of drug-likeness (QED) is 0.733. The molecule has 0 saturated carbocycles. The third kappa shape index (κ3) is 3.12. The molecule has 0 N–H and O–H groups in total. The van der Waals surface area contributed by atoms with Crippen molar-refractivity contribution in [1.82, 2.24) is 0 Å². The monoisotopic (exact) mass is 231 g/mol. The van der Waals surface area contributed by atoms with Crippen molar-refractivity contribution < 1.29 is 4.84 Å². The predicted octanol–water partition coefficient (Wildman–Crippen LogP) is 3.23. The number of rotatable bonds is 2. The molecule has 4 nitrogen and oxygen atoms in total. The van der Waals surface area contributed by atoms with E-state index in [9.17, 15) is 5.21 Å². The summed E-state index contributed by atoms with van der Waals surface area (Å²) < 4.78 is 0. The zero-order chi connectivity index (χ0) is 12.7. The van der Waals surface area contributed by atoms with Crippen molar-refractivity contribution in [2.45, 2.75) is 26.7 Å². The lowest BCUT2D eigenvalue weighted by Gasteiger charge is -2.03. The molecule has 0 fully saturated rings. The summed E-state index contributed by atoms with van der Waals surface area (Å²) >= 11 is 0. The van der Waals surface area contributed by atoms with Gasteiger partial charge in [-0.2, -0.15) is 4.84 Å². The second-order valence-electron chi connectivity index (χ2n) is 3.46. The Kier molecular flexibility index (Phi) is 4.84. The maximum absolute atomic E-state index is 10.3. The van der Waals surface area contributed by atoms with E-state index >= 15 is 0 Å². The number of aryl methyl sites for hydroxylation is 2. The standard InChI is InChI=1S/C13H15N2O2/c1-4-10-6-11(5-2)13(9-15-17-3)7-12(10)8-14-16/h6-7H,4-5H2,1-3H3/q+1. The van der Waals surface area contributed by atoms with Crippen LogP contribution in [0.3, 0.4) is 0 Å². The minimum atomic E-state index is 0.688. The average Bonchev–Trinajstić information content (AvgIpc) is 2.36. The van der Waals surface area contributed by atoms with Crippen LogP contribution < -0.4 is 0 Å². The fourth-order valence-corrected chi connectivity index (χ4v) is 1.63. The number of hydrogen-bond acceptors (Lipinski definition) is 2. The van der Waals surface area contributed by atoms with Crippen LogP contribution in [0.25, 0.3) is 10.0 Å². The first-order valence-corrected chi connectivity index (χ1v) is 5.50. The van der Waals surface area contributed by atoms with E-state index in [1.807, 2.05) is 19.1 Å². The smallest absolute Gasteiger partial charge is 0.388 e. The number of hydrogen-bond donors (Lipinski definition) is 0. The van der Waals surface area contributed by atoms with Crippen LogP contribution >= 0.6 is 0 Å². The molecule has 0 heterocycles. The lowest BCUT2D eigenvalue weighted by atomic mass is 9.97. The minimum absolute atomic E-state index is 0.688. The lowest BCUT2D eigenvalue weighted by Crippen LogP contribution is -1.95. The van der Waals surface area contributed by atoms with Gasteiger partial charge in [-0.25, -0.2) is 0 Å². The highest BCUT2D eigenvalue weighted by atomic mass is 16.6. The van der Waals surface area contributed by atoms with Crippen LogP contribution in [0.2, 0.25) is 0 Å². The second kappa shape index (κ2) is 6.40. The van der Waals surface area contributed by atoms with Gasteiger partial charge < -0.3 is 5.21 Å².